The average molecular weight is 624 g/mol. The van der Waals surface area contributed by atoms with Gasteiger partial charge in [0.05, 0.1) is 13.2 Å². The maximum absolute atomic E-state index is 13.3. The molecule has 0 saturated heterocycles. The van der Waals surface area contributed by atoms with Gasteiger partial charge in [0.15, 0.2) is 11.5 Å². The molecule has 5 atom stereocenters. The molecule has 0 aliphatic heterocycles. The van der Waals surface area contributed by atoms with Gasteiger partial charge in [-0.25, -0.2) is 4.79 Å². The van der Waals surface area contributed by atoms with E-state index in [-0.39, 0.29) is 47.7 Å². The summed E-state index contributed by atoms with van der Waals surface area (Å²) in [5, 5.41) is 24.6. The topological polar surface area (TPSA) is 185 Å². The fourth-order valence-corrected chi connectivity index (χ4v) is 5.73. The lowest BCUT2D eigenvalue weighted by Gasteiger charge is -2.26. The van der Waals surface area contributed by atoms with Crippen molar-refractivity contribution in [3.05, 3.63) is 23.8 Å². The number of amides is 2. The number of hydrogen-bond acceptors (Lipinski definition) is 9. The molecule has 242 valence electrons. The zero-order chi connectivity index (χ0) is 32.4. The van der Waals surface area contributed by atoms with E-state index < -0.39 is 35.9 Å². The molecule has 0 aliphatic carbocycles. The fourth-order valence-electron chi connectivity index (χ4n) is 4.39. The number of methoxy groups -OCH3 is 1. The van der Waals surface area contributed by atoms with E-state index >= 15 is 0 Å². The van der Waals surface area contributed by atoms with Crippen molar-refractivity contribution in [1.29, 1.82) is 0 Å². The first-order valence-electron chi connectivity index (χ1n) is 15.0. The lowest BCUT2D eigenvalue weighted by atomic mass is 9.99. The van der Waals surface area contributed by atoms with Crippen LogP contribution >= 0.6 is 11.8 Å². The number of aromatic hydroxyl groups is 1. The van der Waals surface area contributed by atoms with Crippen LogP contribution in [0.2, 0.25) is 0 Å². The number of carboxylic acids is 1. The number of Topliss-reactive ketones (excluding diaryl/α,β-unsaturated/α-hetero) is 1. The van der Waals surface area contributed by atoms with Gasteiger partial charge >= 0.3 is 5.97 Å². The summed E-state index contributed by atoms with van der Waals surface area (Å²) < 4.78 is 5.15. The molecule has 2 amide bonds. The molecule has 0 heterocycles. The van der Waals surface area contributed by atoms with Crippen LogP contribution in [-0.2, 0) is 30.4 Å². The molecule has 1 aromatic carbocycles. The number of aliphatic carboxylic acids is 1. The summed E-state index contributed by atoms with van der Waals surface area (Å²) >= 11 is 1.39. The number of rotatable bonds is 23. The van der Waals surface area contributed by atoms with E-state index in [1.165, 1.54) is 24.9 Å². The third-order valence-corrected chi connectivity index (χ3v) is 8.76. The molecule has 0 spiro atoms. The summed E-state index contributed by atoms with van der Waals surface area (Å²) in [5.41, 5.74) is 6.77. The van der Waals surface area contributed by atoms with Crippen LogP contribution in [0.4, 0.5) is 0 Å². The van der Waals surface area contributed by atoms with Crippen molar-refractivity contribution in [2.75, 3.05) is 12.9 Å². The highest BCUT2D eigenvalue weighted by atomic mass is 32.2. The van der Waals surface area contributed by atoms with Gasteiger partial charge in [-0.15, -0.1) is 0 Å². The maximum atomic E-state index is 13.3. The molecular weight excluding hydrogens is 574 g/mol. The van der Waals surface area contributed by atoms with Crippen LogP contribution in [0, 0.1) is 5.92 Å². The zero-order valence-corrected chi connectivity index (χ0v) is 26.6. The van der Waals surface area contributed by atoms with Crippen molar-refractivity contribution in [3.63, 3.8) is 0 Å². The number of aldehydes is 1. The number of carboxylic acid groups (broad SMARTS) is 1. The molecule has 0 bridgehead atoms. The first kappa shape index (κ1) is 37.9. The molecule has 11 nitrogen and oxygen atoms in total. The number of carbonyl (C=O) groups excluding carboxylic acids is 4. The molecule has 43 heavy (non-hydrogen) atoms. The lowest BCUT2D eigenvalue weighted by Crippen LogP contribution is -2.56. The molecule has 0 saturated carbocycles. The number of nitrogens with two attached hydrogens (primary N) is 1. The number of carbonyl (C=O) groups is 5. The Morgan fingerprint density at radius 2 is 1.81 bits per heavy atom. The van der Waals surface area contributed by atoms with E-state index in [0.29, 0.717) is 31.3 Å². The summed E-state index contributed by atoms with van der Waals surface area (Å²) in [6.45, 7) is 5.63. The van der Waals surface area contributed by atoms with Crippen LogP contribution in [0.1, 0.15) is 84.1 Å². The monoisotopic (exact) mass is 623 g/mol. The minimum Gasteiger partial charge on any atom is -0.504 e. The molecule has 0 fully saturated rings. The Balaban J connectivity index is 3.01. The Bertz CT molecular complexity index is 1050. The molecule has 0 aromatic heterocycles. The van der Waals surface area contributed by atoms with Crippen LogP contribution in [0.5, 0.6) is 11.5 Å². The summed E-state index contributed by atoms with van der Waals surface area (Å²) in [5.74, 6) is -2.23. The summed E-state index contributed by atoms with van der Waals surface area (Å²) in [7, 11) is 1.46. The second-order valence-corrected chi connectivity index (χ2v) is 12.2. The van der Waals surface area contributed by atoms with Crippen LogP contribution in [0.15, 0.2) is 18.2 Å². The predicted molar refractivity (Wildman–Crippen MR) is 167 cm³/mol. The standard InChI is InChI=1S/C31H49N3O8S/c1-5-7-8-10-23(18-22(36)14-12-21-13-15-26(37)27(17-21)42-4)43-19-25(33-29(38)24(32)11-9-16-35)30(39)34-28(31(40)41)20(3)6-2/h13,15-17,20,23-25,28,37H,5-12,14,18-19,32H2,1-4H3,(H,33,38)(H,34,39)(H,40,41). The normalized spacial score (nSPS) is 14.5. The van der Waals surface area contributed by atoms with E-state index in [1.54, 1.807) is 19.1 Å². The van der Waals surface area contributed by atoms with Crippen LogP contribution in [-0.4, -0.2) is 76.3 Å². The Morgan fingerprint density at radius 1 is 1.09 bits per heavy atom. The third-order valence-electron chi connectivity index (χ3n) is 7.36. The van der Waals surface area contributed by atoms with Crippen molar-refractivity contribution in [2.45, 2.75) is 108 Å². The van der Waals surface area contributed by atoms with Crippen molar-refractivity contribution in [1.82, 2.24) is 10.6 Å². The maximum Gasteiger partial charge on any atom is 0.326 e. The number of thioether (sulfide) groups is 1. The molecule has 5 unspecified atom stereocenters. The van der Waals surface area contributed by atoms with E-state index in [9.17, 15) is 34.2 Å². The fraction of sp³-hybridized carbons (Fsp3) is 0.645. The molecule has 12 heteroatoms. The number of nitrogens with one attached hydrogen (secondary N) is 2. The minimum absolute atomic E-state index is 0.0270. The summed E-state index contributed by atoms with van der Waals surface area (Å²) in [6, 6.07) is 1.75. The van der Waals surface area contributed by atoms with E-state index in [2.05, 4.69) is 17.6 Å². The zero-order valence-electron chi connectivity index (χ0n) is 25.8. The Labute approximate surface area is 259 Å². The quantitative estimate of drug-likeness (QED) is 0.0894. The highest BCUT2D eigenvalue weighted by Crippen LogP contribution is 2.28. The van der Waals surface area contributed by atoms with Gasteiger partial charge in [-0.1, -0.05) is 52.5 Å². The molecule has 0 aliphatic rings. The van der Waals surface area contributed by atoms with Gasteiger partial charge in [0, 0.05) is 30.3 Å². The largest absolute Gasteiger partial charge is 0.504 e. The highest BCUT2D eigenvalue weighted by molar-refractivity contribution is 8.00. The van der Waals surface area contributed by atoms with Crippen molar-refractivity contribution in [3.8, 4) is 11.5 Å². The average Bonchev–Trinajstić information content (AvgIpc) is 2.99. The Kier molecular flexibility index (Phi) is 18.3. The van der Waals surface area contributed by atoms with Crippen molar-refractivity contribution >= 4 is 41.6 Å². The van der Waals surface area contributed by atoms with E-state index in [4.69, 9.17) is 10.5 Å². The predicted octanol–water partition coefficient (Wildman–Crippen LogP) is 3.38. The molecular formula is C31H49N3O8S. The minimum atomic E-state index is -1.17. The lowest BCUT2D eigenvalue weighted by molar-refractivity contribution is -0.143. The van der Waals surface area contributed by atoms with Crippen LogP contribution in [0.3, 0.4) is 0 Å². The van der Waals surface area contributed by atoms with E-state index in [1.807, 2.05) is 6.92 Å². The first-order chi connectivity index (χ1) is 20.5. The van der Waals surface area contributed by atoms with Crippen molar-refractivity contribution in [2.24, 2.45) is 11.7 Å². The number of ether oxygens (including phenoxy) is 1. The Morgan fingerprint density at radius 3 is 2.42 bits per heavy atom. The summed E-state index contributed by atoms with van der Waals surface area (Å²) in [6.07, 6.45) is 6.05. The van der Waals surface area contributed by atoms with Crippen LogP contribution < -0.4 is 21.1 Å². The highest BCUT2D eigenvalue weighted by Gasteiger charge is 2.31. The molecule has 0 radical (unpaired) electrons. The second kappa shape index (κ2) is 20.7. The number of benzene rings is 1. The Hall–Kier alpha value is -3.12. The number of phenolic OH excluding ortho intramolecular Hbond substituents is 1. The number of hydrogen-bond donors (Lipinski definition) is 5. The van der Waals surface area contributed by atoms with Gasteiger partial charge in [-0.3, -0.25) is 14.4 Å². The van der Waals surface area contributed by atoms with Crippen LogP contribution in [0.25, 0.3) is 0 Å². The van der Waals surface area contributed by atoms with Gasteiger partial charge in [-0.2, -0.15) is 11.8 Å². The third kappa shape index (κ3) is 14.3. The van der Waals surface area contributed by atoms with Gasteiger partial charge in [0.25, 0.3) is 0 Å². The number of phenols is 1. The molecule has 1 rings (SSSR count). The molecule has 6 N–H and O–H groups in total. The number of unbranched alkanes of at least 4 members (excludes halogenated alkanes) is 2. The van der Waals surface area contributed by atoms with Crippen molar-refractivity contribution < 1.29 is 38.9 Å². The first-order valence-corrected chi connectivity index (χ1v) is 16.0. The number of ketones is 1. The van der Waals surface area contributed by atoms with Gasteiger partial charge in [-0.05, 0) is 42.9 Å². The SMILES string of the molecule is CCCCCC(CC(=O)CCc1ccc(O)c(OC)c1)SCC(NC(=O)C(N)CCC=O)C(=O)NC(C(=O)O)C(C)CC. The second-order valence-electron chi connectivity index (χ2n) is 10.8. The number of aryl methyl sites for hydroxylation is 1. The smallest absolute Gasteiger partial charge is 0.326 e. The molecule has 1 aromatic rings. The summed E-state index contributed by atoms with van der Waals surface area (Å²) in [4.78, 5) is 61.6. The van der Waals surface area contributed by atoms with Gasteiger partial charge < -0.3 is 36.1 Å². The van der Waals surface area contributed by atoms with Gasteiger partial charge in [0.1, 0.15) is 24.2 Å². The van der Waals surface area contributed by atoms with Gasteiger partial charge in [0.2, 0.25) is 11.8 Å². The van der Waals surface area contributed by atoms with E-state index in [0.717, 1.165) is 31.2 Å².